The molecule has 3 aliphatic rings. The summed E-state index contributed by atoms with van der Waals surface area (Å²) in [6.07, 6.45) is 0.995. The standard InChI is InChI=1S/C32H36N2O5Si/c1-21-30(40(2,3)38)28(17-18-35)39-32(21)25-19-24(34-26-12-8-7-11-23(26)13-16-29(34)36)14-15-27(25)33(31(32)37)20-22-9-5-4-6-10-22/h4-12,14-15,19,21,28,30,35,38H,13,16-18,20H2,1-3H3/t21-,28+,30-,32+/m1/s1. The molecule has 7 nitrogen and oxygen atoms in total. The van der Waals surface area contributed by atoms with Crippen molar-refractivity contribution in [1.29, 1.82) is 0 Å². The van der Waals surface area contributed by atoms with Gasteiger partial charge in [-0.05, 0) is 61.3 Å². The number of anilines is 3. The van der Waals surface area contributed by atoms with Gasteiger partial charge in [0.2, 0.25) is 5.91 Å². The van der Waals surface area contributed by atoms with Crippen LogP contribution in [0.4, 0.5) is 17.1 Å². The molecule has 0 radical (unpaired) electrons. The van der Waals surface area contributed by atoms with Crippen molar-refractivity contribution in [2.45, 2.75) is 63.1 Å². The summed E-state index contributed by atoms with van der Waals surface area (Å²) in [4.78, 5) is 42.8. The molecule has 0 bridgehead atoms. The fourth-order valence-corrected chi connectivity index (χ4v) is 9.84. The van der Waals surface area contributed by atoms with Gasteiger partial charge in [-0.15, -0.1) is 0 Å². The molecule has 0 aromatic heterocycles. The van der Waals surface area contributed by atoms with Crippen molar-refractivity contribution in [1.82, 2.24) is 0 Å². The molecule has 0 unspecified atom stereocenters. The Hall–Kier alpha value is -3.30. The molecule has 0 saturated carbocycles. The summed E-state index contributed by atoms with van der Waals surface area (Å²) < 4.78 is 6.77. The second kappa shape index (κ2) is 9.96. The van der Waals surface area contributed by atoms with E-state index in [1.165, 1.54) is 0 Å². The molecule has 3 aromatic rings. The van der Waals surface area contributed by atoms with Crippen molar-refractivity contribution in [3.05, 3.63) is 89.5 Å². The summed E-state index contributed by atoms with van der Waals surface area (Å²) in [7, 11) is -2.80. The Morgan fingerprint density at radius 3 is 2.42 bits per heavy atom. The molecule has 3 aromatic carbocycles. The maximum atomic E-state index is 14.6. The van der Waals surface area contributed by atoms with Crippen LogP contribution in [0.1, 0.15) is 36.5 Å². The minimum absolute atomic E-state index is 0.0125. The fourth-order valence-electron chi connectivity index (χ4n) is 7.24. The molecule has 6 rings (SSSR count). The van der Waals surface area contributed by atoms with Crippen LogP contribution in [-0.2, 0) is 32.9 Å². The molecule has 1 saturated heterocycles. The zero-order valence-electron chi connectivity index (χ0n) is 23.2. The van der Waals surface area contributed by atoms with Gasteiger partial charge in [0.15, 0.2) is 13.9 Å². The maximum absolute atomic E-state index is 14.6. The van der Waals surface area contributed by atoms with Crippen molar-refractivity contribution < 1.29 is 24.2 Å². The van der Waals surface area contributed by atoms with E-state index >= 15 is 0 Å². The van der Waals surface area contributed by atoms with E-state index in [-0.39, 0.29) is 29.9 Å². The van der Waals surface area contributed by atoms with Crippen molar-refractivity contribution >= 4 is 37.2 Å². The van der Waals surface area contributed by atoms with Gasteiger partial charge in [0.05, 0.1) is 24.0 Å². The molecule has 208 valence electrons. The molecule has 1 fully saturated rings. The quantitative estimate of drug-likeness (QED) is 0.416. The first kappa shape index (κ1) is 26.9. The Morgan fingerprint density at radius 2 is 1.70 bits per heavy atom. The Bertz CT molecular complexity index is 1460. The summed E-state index contributed by atoms with van der Waals surface area (Å²) >= 11 is 0. The van der Waals surface area contributed by atoms with E-state index in [2.05, 4.69) is 6.07 Å². The Kier molecular flexibility index (Phi) is 6.69. The zero-order chi connectivity index (χ0) is 28.2. The molecule has 0 aliphatic carbocycles. The van der Waals surface area contributed by atoms with Gasteiger partial charge in [0.25, 0.3) is 5.91 Å². The largest absolute Gasteiger partial charge is 0.432 e. The first-order chi connectivity index (χ1) is 19.2. The fraction of sp³-hybridized carbons (Fsp3) is 0.375. The first-order valence-electron chi connectivity index (χ1n) is 14.1. The number of benzene rings is 3. The summed E-state index contributed by atoms with van der Waals surface area (Å²) in [6.45, 7) is 6.03. The van der Waals surface area contributed by atoms with Crippen LogP contribution in [-0.4, -0.2) is 42.7 Å². The minimum atomic E-state index is -2.80. The lowest BCUT2D eigenvalue weighted by Gasteiger charge is -2.33. The van der Waals surface area contributed by atoms with Crippen LogP contribution in [0.3, 0.4) is 0 Å². The van der Waals surface area contributed by atoms with E-state index < -0.39 is 20.0 Å². The third-order valence-electron chi connectivity index (χ3n) is 8.91. The molecular formula is C32H36N2O5Si. The number of hydrogen-bond donors (Lipinski definition) is 2. The van der Waals surface area contributed by atoms with Gasteiger partial charge in [0.1, 0.15) is 0 Å². The van der Waals surface area contributed by atoms with Gasteiger partial charge in [0, 0.05) is 35.7 Å². The number of aryl methyl sites for hydroxylation is 1. The van der Waals surface area contributed by atoms with Crippen molar-refractivity contribution in [3.8, 4) is 0 Å². The van der Waals surface area contributed by atoms with Crippen LogP contribution in [0, 0.1) is 5.92 Å². The second-order valence-electron chi connectivity index (χ2n) is 11.8. The van der Waals surface area contributed by atoms with Gasteiger partial charge in [-0.2, -0.15) is 0 Å². The van der Waals surface area contributed by atoms with Crippen molar-refractivity contribution in [2.75, 3.05) is 16.4 Å². The number of nitrogens with zero attached hydrogens (tertiary/aromatic N) is 2. The number of hydrogen-bond acceptors (Lipinski definition) is 5. The Balaban J connectivity index is 1.52. The molecule has 40 heavy (non-hydrogen) atoms. The number of aliphatic hydroxyl groups excluding tert-OH is 1. The highest BCUT2D eigenvalue weighted by molar-refractivity contribution is 6.71. The third-order valence-corrected chi connectivity index (χ3v) is 11.4. The van der Waals surface area contributed by atoms with Crippen LogP contribution in [0.2, 0.25) is 18.6 Å². The molecule has 3 aliphatic heterocycles. The second-order valence-corrected chi connectivity index (χ2v) is 15.8. The highest BCUT2D eigenvalue weighted by atomic mass is 28.4. The predicted octanol–water partition coefficient (Wildman–Crippen LogP) is 5.02. The Morgan fingerprint density at radius 1 is 0.975 bits per heavy atom. The molecule has 4 atom stereocenters. The van der Waals surface area contributed by atoms with Crippen LogP contribution in [0.25, 0.3) is 0 Å². The number of amides is 2. The summed E-state index contributed by atoms with van der Waals surface area (Å²) in [5.41, 5.74) is 3.56. The van der Waals surface area contributed by atoms with E-state index in [4.69, 9.17) is 4.74 Å². The van der Waals surface area contributed by atoms with Crippen molar-refractivity contribution in [2.24, 2.45) is 5.92 Å². The average molecular weight is 557 g/mol. The zero-order valence-corrected chi connectivity index (χ0v) is 24.2. The number of fused-ring (bicyclic) bond motifs is 3. The van der Waals surface area contributed by atoms with E-state index in [1.807, 2.05) is 86.7 Å². The number of ether oxygens (including phenoxy) is 1. The number of aliphatic hydroxyl groups is 1. The van der Waals surface area contributed by atoms with E-state index in [9.17, 15) is 19.5 Å². The summed E-state index contributed by atoms with van der Waals surface area (Å²) in [6, 6.07) is 23.6. The third kappa shape index (κ3) is 4.13. The molecule has 1 spiro atoms. The number of carbonyl (C=O) groups is 2. The number of carbonyl (C=O) groups excluding carboxylic acids is 2. The summed E-state index contributed by atoms with van der Waals surface area (Å²) in [5.74, 6) is -0.481. The molecule has 2 amide bonds. The average Bonchev–Trinajstić information content (AvgIpc) is 3.36. The number of rotatable bonds is 6. The lowest BCUT2D eigenvalue weighted by atomic mass is 9.82. The van der Waals surface area contributed by atoms with Crippen LogP contribution in [0.15, 0.2) is 72.8 Å². The highest BCUT2D eigenvalue weighted by Gasteiger charge is 2.66. The van der Waals surface area contributed by atoms with Crippen LogP contribution < -0.4 is 9.80 Å². The topological polar surface area (TPSA) is 90.3 Å². The lowest BCUT2D eigenvalue weighted by molar-refractivity contribution is -0.146. The SMILES string of the molecule is C[C@@H]1[C@@H]([Si](C)(C)O)[C@H](CCO)O[C@@]12C(=O)N(Cc1ccccc1)c1ccc(N3C(=O)CCc4ccccc43)cc12. The number of para-hydroxylation sites is 1. The Labute approximate surface area is 236 Å². The van der Waals surface area contributed by atoms with Crippen LogP contribution in [0.5, 0.6) is 0 Å². The summed E-state index contributed by atoms with van der Waals surface area (Å²) in [5, 5.41) is 9.89. The normalized spacial score (nSPS) is 26.0. The lowest BCUT2D eigenvalue weighted by Crippen LogP contribution is -2.46. The maximum Gasteiger partial charge on any atom is 0.264 e. The highest BCUT2D eigenvalue weighted by Crippen LogP contribution is 2.60. The van der Waals surface area contributed by atoms with Gasteiger partial charge in [-0.25, -0.2) is 0 Å². The van der Waals surface area contributed by atoms with Crippen molar-refractivity contribution in [3.63, 3.8) is 0 Å². The smallest absolute Gasteiger partial charge is 0.264 e. The monoisotopic (exact) mass is 556 g/mol. The molecular weight excluding hydrogens is 520 g/mol. The van der Waals surface area contributed by atoms with E-state index in [1.54, 1.807) is 9.80 Å². The molecule has 2 N–H and O–H groups in total. The first-order valence-corrected chi connectivity index (χ1v) is 17.1. The van der Waals surface area contributed by atoms with E-state index in [0.717, 1.165) is 28.1 Å². The van der Waals surface area contributed by atoms with E-state index in [0.29, 0.717) is 31.5 Å². The predicted molar refractivity (Wildman–Crippen MR) is 157 cm³/mol. The minimum Gasteiger partial charge on any atom is -0.432 e. The van der Waals surface area contributed by atoms with Crippen LogP contribution >= 0.6 is 0 Å². The van der Waals surface area contributed by atoms with Gasteiger partial charge in [-0.1, -0.05) is 55.5 Å². The van der Waals surface area contributed by atoms with Gasteiger partial charge >= 0.3 is 0 Å². The van der Waals surface area contributed by atoms with Gasteiger partial charge < -0.3 is 19.5 Å². The van der Waals surface area contributed by atoms with Gasteiger partial charge in [-0.3, -0.25) is 14.5 Å². The molecule has 3 heterocycles. The molecule has 8 heteroatoms.